The Morgan fingerprint density at radius 2 is 0.582 bits per heavy atom. The molecule has 0 fully saturated rings. The van der Waals surface area contributed by atoms with E-state index in [2.05, 4.69) is 154 Å². The van der Waals surface area contributed by atoms with Gasteiger partial charge in [-0.15, -0.1) is 0 Å². The fourth-order valence-electron chi connectivity index (χ4n) is 6.60. The maximum atomic E-state index is 12.8. The second-order valence-corrected chi connectivity index (χ2v) is 17.0. The molecule has 0 spiro atoms. The number of allylic oxidation sites excluding steroid dienone is 22. The van der Waals surface area contributed by atoms with Crippen LogP contribution in [0.25, 0.3) is 0 Å². The van der Waals surface area contributed by atoms with Gasteiger partial charge in [0.1, 0.15) is 13.2 Å². The van der Waals surface area contributed by atoms with Crippen molar-refractivity contribution in [3.63, 3.8) is 0 Å². The molecule has 0 bridgehead atoms. The summed E-state index contributed by atoms with van der Waals surface area (Å²) in [6.45, 7) is 6.35. The fourth-order valence-corrected chi connectivity index (χ4v) is 6.60. The molecule has 0 unspecified atom stereocenters. The molecule has 0 radical (unpaired) electrons. The summed E-state index contributed by atoms with van der Waals surface area (Å²) in [6, 6.07) is 0. The number of ether oxygens (including phenoxy) is 3. The zero-order valence-corrected chi connectivity index (χ0v) is 42.9. The van der Waals surface area contributed by atoms with Crippen molar-refractivity contribution in [1.82, 2.24) is 0 Å². The summed E-state index contributed by atoms with van der Waals surface area (Å²) < 4.78 is 16.7. The number of carbonyl (C=O) groups is 3. The van der Waals surface area contributed by atoms with Crippen LogP contribution in [0.15, 0.2) is 134 Å². The van der Waals surface area contributed by atoms with Gasteiger partial charge in [0, 0.05) is 19.3 Å². The van der Waals surface area contributed by atoms with Gasteiger partial charge in [-0.25, -0.2) is 0 Å². The zero-order valence-electron chi connectivity index (χ0n) is 42.9. The van der Waals surface area contributed by atoms with Gasteiger partial charge in [0.05, 0.1) is 0 Å². The summed E-state index contributed by atoms with van der Waals surface area (Å²) in [5, 5.41) is 0. The topological polar surface area (TPSA) is 78.9 Å². The zero-order chi connectivity index (χ0) is 48.6. The standard InChI is InChI=1S/C61H96O6/c1-4-7-10-13-16-19-22-25-28-29-30-31-34-37-40-43-46-49-52-55-61(64)67-58(56-65-59(62)53-50-47-44-41-38-35-32-26-23-20-17-14-11-8-5-2)57-66-60(63)54-51-48-45-42-39-36-33-27-24-21-18-15-12-9-6-3/h7,10,16-21,25-28,30-33,37-42,58H,4-6,8-9,11-15,22-24,29,34-36,43-57H2,1-3H3/b10-7-,19-16-,20-17-,21-18-,28-25-,31-30-,32-26-,33-27-,40-37-,41-38-,42-39-. The molecule has 0 saturated heterocycles. The lowest BCUT2D eigenvalue weighted by Gasteiger charge is -2.18. The molecular formula is C61H96O6. The lowest BCUT2D eigenvalue weighted by molar-refractivity contribution is -0.167. The van der Waals surface area contributed by atoms with E-state index in [0.717, 1.165) is 103 Å². The fraction of sp³-hybridized carbons (Fsp3) is 0.590. The lowest BCUT2D eigenvalue weighted by Crippen LogP contribution is -2.30. The van der Waals surface area contributed by atoms with Crippen LogP contribution in [0.1, 0.15) is 213 Å². The van der Waals surface area contributed by atoms with Crippen LogP contribution in [-0.2, 0) is 28.6 Å². The summed E-state index contributed by atoms with van der Waals surface area (Å²) in [5.41, 5.74) is 0. The van der Waals surface area contributed by atoms with Gasteiger partial charge in [0.25, 0.3) is 0 Å². The molecule has 0 saturated carbocycles. The van der Waals surface area contributed by atoms with E-state index in [9.17, 15) is 14.4 Å². The third kappa shape index (κ3) is 52.4. The Balaban J connectivity index is 4.60. The van der Waals surface area contributed by atoms with Gasteiger partial charge in [-0.1, -0.05) is 187 Å². The van der Waals surface area contributed by atoms with Crippen LogP contribution < -0.4 is 0 Å². The second-order valence-electron chi connectivity index (χ2n) is 17.0. The molecule has 0 heterocycles. The Kier molecular flexibility index (Phi) is 50.6. The van der Waals surface area contributed by atoms with Crippen molar-refractivity contribution in [3.05, 3.63) is 134 Å². The van der Waals surface area contributed by atoms with Crippen molar-refractivity contribution >= 4 is 17.9 Å². The van der Waals surface area contributed by atoms with Gasteiger partial charge in [0.2, 0.25) is 0 Å². The van der Waals surface area contributed by atoms with Gasteiger partial charge in [-0.2, -0.15) is 0 Å². The van der Waals surface area contributed by atoms with Crippen molar-refractivity contribution in [3.8, 4) is 0 Å². The Bertz CT molecular complexity index is 1410. The predicted octanol–water partition coefficient (Wildman–Crippen LogP) is 17.9. The summed E-state index contributed by atoms with van der Waals surface area (Å²) in [4.78, 5) is 38.0. The first kappa shape index (κ1) is 62.5. The van der Waals surface area contributed by atoms with Crippen LogP contribution in [0, 0.1) is 0 Å². The minimum absolute atomic E-state index is 0.128. The number of unbranched alkanes of at least 4 members (excludes halogenated alkanes) is 13. The number of rotatable bonds is 46. The van der Waals surface area contributed by atoms with Gasteiger partial charge in [0.15, 0.2) is 6.10 Å². The average Bonchev–Trinajstić information content (AvgIpc) is 3.33. The summed E-state index contributed by atoms with van der Waals surface area (Å²) in [5.74, 6) is -1.04. The number of carbonyl (C=O) groups excluding carboxylic acids is 3. The first-order valence-corrected chi connectivity index (χ1v) is 26.7. The van der Waals surface area contributed by atoms with Gasteiger partial charge < -0.3 is 14.2 Å². The van der Waals surface area contributed by atoms with E-state index < -0.39 is 6.10 Å². The summed E-state index contributed by atoms with van der Waals surface area (Å²) in [7, 11) is 0. The number of hydrogen-bond acceptors (Lipinski definition) is 6. The molecule has 0 aromatic rings. The first-order chi connectivity index (χ1) is 33.0. The number of hydrogen-bond donors (Lipinski definition) is 0. The molecule has 0 rings (SSSR count). The normalized spacial score (nSPS) is 12.8. The molecule has 0 amide bonds. The Hall–Kier alpha value is -4.45. The average molecular weight is 925 g/mol. The smallest absolute Gasteiger partial charge is 0.306 e. The maximum Gasteiger partial charge on any atom is 0.306 e. The molecule has 6 nitrogen and oxygen atoms in total. The van der Waals surface area contributed by atoms with Crippen LogP contribution >= 0.6 is 0 Å². The van der Waals surface area contributed by atoms with Crippen molar-refractivity contribution in [2.45, 2.75) is 219 Å². The molecular weight excluding hydrogens is 829 g/mol. The summed E-state index contributed by atoms with van der Waals surface area (Å²) in [6.07, 6.45) is 75.8. The van der Waals surface area contributed by atoms with Crippen molar-refractivity contribution in [2.75, 3.05) is 13.2 Å². The van der Waals surface area contributed by atoms with E-state index >= 15 is 0 Å². The van der Waals surface area contributed by atoms with E-state index in [0.29, 0.717) is 19.3 Å². The third-order valence-corrected chi connectivity index (χ3v) is 10.6. The first-order valence-electron chi connectivity index (χ1n) is 26.7. The van der Waals surface area contributed by atoms with Gasteiger partial charge in [-0.05, 0) is 141 Å². The maximum absolute atomic E-state index is 12.8. The van der Waals surface area contributed by atoms with Crippen LogP contribution in [0.5, 0.6) is 0 Å². The highest BCUT2D eigenvalue weighted by molar-refractivity contribution is 5.71. The molecule has 0 N–H and O–H groups in total. The molecule has 6 heteroatoms. The minimum atomic E-state index is -0.832. The largest absolute Gasteiger partial charge is 0.462 e. The van der Waals surface area contributed by atoms with E-state index in [1.165, 1.54) is 51.4 Å². The highest BCUT2D eigenvalue weighted by Gasteiger charge is 2.19. The molecule has 0 atom stereocenters. The highest BCUT2D eigenvalue weighted by Crippen LogP contribution is 2.11. The lowest BCUT2D eigenvalue weighted by atomic mass is 10.1. The Labute approximate surface area is 411 Å². The van der Waals surface area contributed by atoms with Crippen molar-refractivity contribution in [2.24, 2.45) is 0 Å². The minimum Gasteiger partial charge on any atom is -0.462 e. The van der Waals surface area contributed by atoms with E-state index in [1.807, 2.05) is 0 Å². The van der Waals surface area contributed by atoms with E-state index in [4.69, 9.17) is 14.2 Å². The molecule has 0 aromatic heterocycles. The van der Waals surface area contributed by atoms with Crippen LogP contribution in [0.2, 0.25) is 0 Å². The van der Waals surface area contributed by atoms with Crippen LogP contribution in [0.3, 0.4) is 0 Å². The second kappa shape index (κ2) is 54.2. The van der Waals surface area contributed by atoms with Gasteiger partial charge in [-0.3, -0.25) is 14.4 Å². The third-order valence-electron chi connectivity index (χ3n) is 10.6. The SMILES string of the molecule is CC/C=C\C/C=C\C/C=C\C/C=C\C/C=C\CCCCCC(=O)OC(COC(=O)CCCC/C=C\C/C=C\C/C=C\CCCCC)COC(=O)CCCC/C=C\C/C=C\C/C=C\CCCCC. The van der Waals surface area contributed by atoms with E-state index in [-0.39, 0.29) is 50.4 Å². The van der Waals surface area contributed by atoms with Crippen LogP contribution in [0.4, 0.5) is 0 Å². The molecule has 0 aliphatic rings. The Morgan fingerprint density at radius 3 is 0.910 bits per heavy atom. The quantitative estimate of drug-likeness (QED) is 0.0262. The molecule has 67 heavy (non-hydrogen) atoms. The molecule has 376 valence electrons. The molecule has 0 aliphatic heterocycles. The van der Waals surface area contributed by atoms with Crippen molar-refractivity contribution < 1.29 is 28.6 Å². The van der Waals surface area contributed by atoms with Gasteiger partial charge >= 0.3 is 17.9 Å². The monoisotopic (exact) mass is 925 g/mol. The van der Waals surface area contributed by atoms with Crippen LogP contribution in [-0.4, -0.2) is 37.2 Å². The Morgan fingerprint density at radius 1 is 0.313 bits per heavy atom. The molecule has 0 aromatic carbocycles. The molecule has 0 aliphatic carbocycles. The van der Waals surface area contributed by atoms with E-state index in [1.54, 1.807) is 0 Å². The predicted molar refractivity (Wildman–Crippen MR) is 288 cm³/mol. The van der Waals surface area contributed by atoms with Crippen molar-refractivity contribution in [1.29, 1.82) is 0 Å². The highest BCUT2D eigenvalue weighted by atomic mass is 16.6. The number of esters is 3. The summed E-state index contributed by atoms with van der Waals surface area (Å²) >= 11 is 0.